The smallest absolute Gasteiger partial charge is 0.126 e. The molecule has 0 spiro atoms. The van der Waals surface area contributed by atoms with Crippen LogP contribution in [0.15, 0.2) is 12.2 Å². The molecule has 2 heteroatoms. The minimum absolute atomic E-state index is 0.0819. The van der Waals surface area contributed by atoms with E-state index in [1.165, 1.54) is 0 Å². The van der Waals surface area contributed by atoms with E-state index >= 15 is 0 Å². The number of aldehydes is 1. The second-order valence-corrected chi connectivity index (χ2v) is 2.74. The summed E-state index contributed by atoms with van der Waals surface area (Å²) in [6.07, 6.45) is 5.61. The third-order valence-electron chi connectivity index (χ3n) is 1.44. The molecule has 0 rings (SSSR count). The molecule has 0 aromatic heterocycles. The maximum absolute atomic E-state index is 10.1. The first-order valence-electron chi connectivity index (χ1n) is 4.02. The predicted octanol–water partition coefficient (Wildman–Crippen LogP) is 1.54. The van der Waals surface area contributed by atoms with Crippen LogP contribution >= 0.6 is 0 Å². The van der Waals surface area contributed by atoms with Gasteiger partial charge in [-0.3, -0.25) is 0 Å². The molecule has 0 aliphatic heterocycles. The van der Waals surface area contributed by atoms with Crippen molar-refractivity contribution in [3.63, 3.8) is 0 Å². The largest absolute Gasteiger partial charge is 0.389 e. The molecule has 2 atom stereocenters. The van der Waals surface area contributed by atoms with E-state index < -0.39 is 0 Å². The zero-order chi connectivity index (χ0) is 8.69. The van der Waals surface area contributed by atoms with Gasteiger partial charge in [-0.1, -0.05) is 32.4 Å². The Morgan fingerprint density at radius 3 is 2.55 bits per heavy atom. The van der Waals surface area contributed by atoms with Crippen LogP contribution in [0.5, 0.6) is 0 Å². The lowest BCUT2D eigenvalue weighted by Gasteiger charge is -2.01. The summed E-state index contributed by atoms with van der Waals surface area (Å²) >= 11 is 0. The van der Waals surface area contributed by atoms with E-state index in [-0.39, 0.29) is 12.0 Å². The zero-order valence-electron chi connectivity index (χ0n) is 7.16. The number of aliphatic hydroxyl groups is 1. The SMILES string of the molecule is CCCC(O)C=CC(C)C=O. The van der Waals surface area contributed by atoms with Gasteiger partial charge in [-0.2, -0.15) is 0 Å². The van der Waals surface area contributed by atoms with Crippen LogP contribution in [-0.2, 0) is 4.79 Å². The van der Waals surface area contributed by atoms with Crippen LogP contribution in [-0.4, -0.2) is 17.5 Å². The monoisotopic (exact) mass is 156 g/mol. The van der Waals surface area contributed by atoms with Crippen LogP contribution in [0, 0.1) is 5.92 Å². The molecule has 0 aromatic carbocycles. The number of hydrogen-bond acceptors (Lipinski definition) is 2. The van der Waals surface area contributed by atoms with E-state index in [2.05, 4.69) is 0 Å². The van der Waals surface area contributed by atoms with E-state index in [9.17, 15) is 9.90 Å². The van der Waals surface area contributed by atoms with Crippen LogP contribution in [0.25, 0.3) is 0 Å². The van der Waals surface area contributed by atoms with Gasteiger partial charge in [0.15, 0.2) is 0 Å². The zero-order valence-corrected chi connectivity index (χ0v) is 7.16. The number of carbonyl (C=O) groups excluding carboxylic acids is 1. The van der Waals surface area contributed by atoms with Gasteiger partial charge in [0.25, 0.3) is 0 Å². The fraction of sp³-hybridized carbons (Fsp3) is 0.667. The first-order chi connectivity index (χ1) is 5.20. The van der Waals surface area contributed by atoms with Crippen molar-refractivity contribution in [3.8, 4) is 0 Å². The second kappa shape index (κ2) is 6.10. The van der Waals surface area contributed by atoms with Crippen LogP contribution in [0.3, 0.4) is 0 Å². The molecule has 0 bridgehead atoms. The summed E-state index contributed by atoms with van der Waals surface area (Å²) in [6.45, 7) is 3.81. The maximum atomic E-state index is 10.1. The highest BCUT2D eigenvalue weighted by Gasteiger charge is 1.97. The van der Waals surface area contributed by atoms with Crippen LogP contribution in [0.4, 0.5) is 0 Å². The summed E-state index contributed by atoms with van der Waals surface area (Å²) in [5.41, 5.74) is 0. The minimum Gasteiger partial charge on any atom is -0.389 e. The Labute approximate surface area is 67.9 Å². The lowest BCUT2D eigenvalue weighted by atomic mass is 10.1. The number of allylic oxidation sites excluding steroid dienone is 1. The Bertz CT molecular complexity index is 130. The summed E-state index contributed by atoms with van der Waals surface area (Å²) in [6, 6.07) is 0. The minimum atomic E-state index is -0.387. The number of hydrogen-bond donors (Lipinski definition) is 1. The van der Waals surface area contributed by atoms with E-state index in [4.69, 9.17) is 0 Å². The van der Waals surface area contributed by atoms with E-state index in [1.54, 1.807) is 19.1 Å². The molecule has 11 heavy (non-hydrogen) atoms. The molecule has 0 saturated heterocycles. The third-order valence-corrected chi connectivity index (χ3v) is 1.44. The van der Waals surface area contributed by atoms with Crippen molar-refractivity contribution in [2.75, 3.05) is 0 Å². The highest BCUT2D eigenvalue weighted by Crippen LogP contribution is 2.00. The molecule has 0 saturated carbocycles. The number of carbonyl (C=O) groups is 1. The number of aliphatic hydroxyl groups excluding tert-OH is 1. The molecule has 0 aliphatic rings. The second-order valence-electron chi connectivity index (χ2n) is 2.74. The highest BCUT2D eigenvalue weighted by molar-refractivity contribution is 5.55. The first-order valence-corrected chi connectivity index (χ1v) is 4.02. The maximum Gasteiger partial charge on any atom is 0.126 e. The predicted molar refractivity (Wildman–Crippen MR) is 45.3 cm³/mol. The van der Waals surface area contributed by atoms with Gasteiger partial charge in [0.1, 0.15) is 6.29 Å². The molecule has 0 amide bonds. The van der Waals surface area contributed by atoms with Gasteiger partial charge in [-0.15, -0.1) is 0 Å². The lowest BCUT2D eigenvalue weighted by Crippen LogP contribution is -2.01. The van der Waals surface area contributed by atoms with Crippen LogP contribution < -0.4 is 0 Å². The molecular weight excluding hydrogens is 140 g/mol. The molecule has 1 N–H and O–H groups in total. The van der Waals surface area contributed by atoms with Gasteiger partial charge in [-0.25, -0.2) is 0 Å². The fourth-order valence-corrected chi connectivity index (χ4v) is 0.741. The Morgan fingerprint density at radius 1 is 1.45 bits per heavy atom. The Morgan fingerprint density at radius 2 is 2.09 bits per heavy atom. The first kappa shape index (κ1) is 10.4. The van der Waals surface area contributed by atoms with Gasteiger partial charge < -0.3 is 9.90 Å². The van der Waals surface area contributed by atoms with Gasteiger partial charge >= 0.3 is 0 Å². The quantitative estimate of drug-likeness (QED) is 0.484. The van der Waals surface area contributed by atoms with Crippen molar-refractivity contribution in [3.05, 3.63) is 12.2 Å². The molecule has 0 radical (unpaired) electrons. The van der Waals surface area contributed by atoms with Gasteiger partial charge in [0.05, 0.1) is 6.10 Å². The normalized spacial score (nSPS) is 16.6. The van der Waals surface area contributed by atoms with Crippen molar-refractivity contribution >= 4 is 6.29 Å². The molecule has 2 unspecified atom stereocenters. The fourth-order valence-electron chi connectivity index (χ4n) is 0.741. The van der Waals surface area contributed by atoms with Crippen molar-refractivity contribution in [1.82, 2.24) is 0 Å². The van der Waals surface area contributed by atoms with E-state index in [0.29, 0.717) is 0 Å². The molecule has 0 aromatic rings. The highest BCUT2D eigenvalue weighted by atomic mass is 16.3. The van der Waals surface area contributed by atoms with Crippen molar-refractivity contribution < 1.29 is 9.90 Å². The molecular formula is C9H16O2. The summed E-state index contributed by atoms with van der Waals surface area (Å²) in [5, 5.41) is 9.19. The molecule has 64 valence electrons. The average molecular weight is 156 g/mol. The van der Waals surface area contributed by atoms with Crippen LogP contribution in [0.2, 0.25) is 0 Å². The van der Waals surface area contributed by atoms with E-state index in [1.807, 2.05) is 6.92 Å². The van der Waals surface area contributed by atoms with Crippen molar-refractivity contribution in [2.45, 2.75) is 32.8 Å². The summed E-state index contributed by atoms with van der Waals surface area (Å²) in [7, 11) is 0. The third kappa shape index (κ3) is 5.80. The average Bonchev–Trinajstić information content (AvgIpc) is 2.01. The molecule has 0 heterocycles. The van der Waals surface area contributed by atoms with Crippen molar-refractivity contribution in [2.24, 2.45) is 5.92 Å². The molecule has 0 aliphatic carbocycles. The Balaban J connectivity index is 3.62. The summed E-state index contributed by atoms with van der Waals surface area (Å²) in [5.74, 6) is -0.0819. The molecule has 2 nitrogen and oxygen atoms in total. The Kier molecular flexibility index (Phi) is 5.75. The van der Waals surface area contributed by atoms with Gasteiger partial charge in [0, 0.05) is 5.92 Å². The lowest BCUT2D eigenvalue weighted by molar-refractivity contribution is -0.109. The summed E-state index contributed by atoms with van der Waals surface area (Å²) in [4.78, 5) is 10.1. The number of rotatable bonds is 5. The van der Waals surface area contributed by atoms with Gasteiger partial charge in [0.2, 0.25) is 0 Å². The molecule has 0 fully saturated rings. The standard InChI is InChI=1S/C9H16O2/c1-3-4-9(11)6-5-8(2)7-10/h5-9,11H,3-4H2,1-2H3. The van der Waals surface area contributed by atoms with Crippen LogP contribution in [0.1, 0.15) is 26.7 Å². The van der Waals surface area contributed by atoms with E-state index in [0.717, 1.165) is 19.1 Å². The summed E-state index contributed by atoms with van der Waals surface area (Å²) < 4.78 is 0. The topological polar surface area (TPSA) is 37.3 Å². The Hall–Kier alpha value is -0.630. The van der Waals surface area contributed by atoms with Gasteiger partial charge in [-0.05, 0) is 6.42 Å². The van der Waals surface area contributed by atoms with Crippen molar-refractivity contribution in [1.29, 1.82) is 0 Å².